The number of carbonyl (C=O) groups is 1. The quantitative estimate of drug-likeness (QED) is 0.334. The van der Waals surface area contributed by atoms with Gasteiger partial charge in [-0.25, -0.2) is 9.59 Å². The van der Waals surface area contributed by atoms with Crippen molar-refractivity contribution >= 4 is 5.97 Å². The maximum Gasteiger partial charge on any atom is 0.330 e. The predicted octanol–water partition coefficient (Wildman–Crippen LogP) is 2.49. The fraction of sp³-hybridized carbons (Fsp3) is 0.611. The zero-order valence-electron chi connectivity index (χ0n) is 14.5. The molecule has 0 radical (unpaired) electrons. The van der Waals surface area contributed by atoms with Gasteiger partial charge in [-0.1, -0.05) is 32.8 Å². The van der Waals surface area contributed by atoms with Crippen molar-refractivity contribution in [3.63, 3.8) is 0 Å². The summed E-state index contributed by atoms with van der Waals surface area (Å²) in [4.78, 5) is 35.0. The van der Waals surface area contributed by atoms with Crippen LogP contribution in [0.5, 0.6) is 0 Å². The van der Waals surface area contributed by atoms with Crippen molar-refractivity contribution in [1.82, 2.24) is 9.13 Å². The van der Waals surface area contributed by atoms with Crippen LogP contribution >= 0.6 is 0 Å². The third kappa shape index (κ3) is 6.98. The molecule has 0 bridgehead atoms. The zero-order chi connectivity index (χ0) is 17.8. The van der Waals surface area contributed by atoms with Gasteiger partial charge in [-0.15, -0.1) is 0 Å². The molecule has 1 rings (SSSR count). The van der Waals surface area contributed by atoms with Gasteiger partial charge in [0, 0.05) is 31.4 Å². The van der Waals surface area contributed by atoms with Crippen LogP contribution in [0.15, 0.2) is 34.5 Å². The molecule has 0 saturated carbocycles. The average Bonchev–Trinajstić information content (AvgIpc) is 2.58. The lowest BCUT2D eigenvalue weighted by Gasteiger charge is -2.09. The SMILES string of the molecule is C=CC(=O)OCCCCCCn1ccc(=O)n(CCCCC)c1=O. The fourth-order valence-corrected chi connectivity index (χ4v) is 2.42. The average molecular weight is 336 g/mol. The summed E-state index contributed by atoms with van der Waals surface area (Å²) >= 11 is 0. The number of unbranched alkanes of at least 4 members (excludes halogenated alkanes) is 5. The molecule has 0 atom stereocenters. The molecule has 0 aliphatic carbocycles. The Bertz CT molecular complexity index is 631. The van der Waals surface area contributed by atoms with Crippen molar-refractivity contribution in [2.45, 2.75) is 65.0 Å². The molecule has 1 heterocycles. The van der Waals surface area contributed by atoms with Crippen LogP contribution in [0.1, 0.15) is 51.9 Å². The lowest BCUT2D eigenvalue weighted by Crippen LogP contribution is -2.39. The Hall–Kier alpha value is -2.11. The second kappa shape index (κ2) is 11.4. The number of nitrogens with zero attached hydrogens (tertiary/aromatic N) is 2. The largest absolute Gasteiger partial charge is 0.463 e. The first-order chi connectivity index (χ1) is 11.6. The van der Waals surface area contributed by atoms with E-state index in [1.165, 1.54) is 10.6 Å². The van der Waals surface area contributed by atoms with Crippen LogP contribution in [-0.2, 0) is 22.6 Å². The normalized spacial score (nSPS) is 10.5. The van der Waals surface area contributed by atoms with Crippen molar-refractivity contribution in [3.05, 3.63) is 45.8 Å². The molecule has 0 aliphatic rings. The smallest absolute Gasteiger partial charge is 0.330 e. The molecular formula is C18H28N2O4. The van der Waals surface area contributed by atoms with E-state index in [9.17, 15) is 14.4 Å². The molecule has 0 aliphatic heterocycles. The van der Waals surface area contributed by atoms with Crippen LogP contribution in [0.3, 0.4) is 0 Å². The maximum atomic E-state index is 12.3. The van der Waals surface area contributed by atoms with E-state index in [4.69, 9.17) is 4.74 Å². The lowest BCUT2D eigenvalue weighted by molar-refractivity contribution is -0.137. The number of aryl methyl sites for hydroxylation is 1. The van der Waals surface area contributed by atoms with Gasteiger partial charge < -0.3 is 9.30 Å². The number of hydrogen-bond acceptors (Lipinski definition) is 4. The molecule has 0 aromatic carbocycles. The van der Waals surface area contributed by atoms with Gasteiger partial charge in [0.1, 0.15) is 0 Å². The van der Waals surface area contributed by atoms with Crippen LogP contribution in [0.2, 0.25) is 0 Å². The van der Waals surface area contributed by atoms with E-state index < -0.39 is 5.97 Å². The highest BCUT2D eigenvalue weighted by molar-refractivity contribution is 5.81. The third-order valence-electron chi connectivity index (χ3n) is 3.83. The third-order valence-corrected chi connectivity index (χ3v) is 3.83. The standard InChI is InChI=1S/C18H28N2O4/c1-3-5-8-13-20-16(21)11-14-19(18(20)23)12-9-6-7-10-15-24-17(22)4-2/h4,11,14H,2-3,5-10,12-13,15H2,1H3. The first kappa shape index (κ1) is 19.9. The highest BCUT2D eigenvalue weighted by atomic mass is 16.5. The molecule has 0 amide bonds. The van der Waals surface area contributed by atoms with Crippen molar-refractivity contribution in [1.29, 1.82) is 0 Å². The number of aromatic nitrogens is 2. The second-order valence-corrected chi connectivity index (χ2v) is 5.77. The monoisotopic (exact) mass is 336 g/mol. The summed E-state index contributed by atoms with van der Waals surface area (Å²) in [7, 11) is 0. The molecule has 24 heavy (non-hydrogen) atoms. The van der Waals surface area contributed by atoms with E-state index in [0.29, 0.717) is 19.7 Å². The number of carbonyl (C=O) groups excluding carboxylic acids is 1. The Balaban J connectivity index is 2.38. The van der Waals surface area contributed by atoms with Gasteiger partial charge in [0.05, 0.1) is 6.61 Å². The Kier molecular flexibility index (Phi) is 9.49. The first-order valence-corrected chi connectivity index (χ1v) is 8.69. The fourth-order valence-electron chi connectivity index (χ4n) is 2.42. The number of esters is 1. The molecule has 0 fully saturated rings. The van der Waals surface area contributed by atoms with Gasteiger partial charge in [-0.3, -0.25) is 9.36 Å². The molecule has 1 aromatic rings. The van der Waals surface area contributed by atoms with E-state index in [-0.39, 0.29) is 11.2 Å². The van der Waals surface area contributed by atoms with E-state index in [0.717, 1.165) is 51.0 Å². The van der Waals surface area contributed by atoms with Crippen molar-refractivity contribution in [2.75, 3.05) is 6.61 Å². The number of ether oxygens (including phenoxy) is 1. The molecule has 6 nitrogen and oxygen atoms in total. The van der Waals surface area contributed by atoms with Gasteiger partial charge in [-0.2, -0.15) is 0 Å². The lowest BCUT2D eigenvalue weighted by atomic mass is 10.2. The van der Waals surface area contributed by atoms with E-state index in [1.54, 1.807) is 10.8 Å². The topological polar surface area (TPSA) is 70.3 Å². The molecule has 134 valence electrons. The summed E-state index contributed by atoms with van der Waals surface area (Å²) in [5.74, 6) is -0.396. The molecule has 0 saturated heterocycles. The molecule has 0 spiro atoms. The van der Waals surface area contributed by atoms with Gasteiger partial charge >= 0.3 is 11.7 Å². The van der Waals surface area contributed by atoms with E-state index in [1.807, 2.05) is 0 Å². The molecule has 0 unspecified atom stereocenters. The van der Waals surface area contributed by atoms with Gasteiger partial charge in [0.15, 0.2) is 0 Å². The van der Waals surface area contributed by atoms with Gasteiger partial charge in [0.2, 0.25) is 0 Å². The highest BCUT2D eigenvalue weighted by Gasteiger charge is 2.05. The van der Waals surface area contributed by atoms with Crippen LogP contribution in [0.4, 0.5) is 0 Å². The van der Waals surface area contributed by atoms with Crippen LogP contribution in [0.25, 0.3) is 0 Å². The maximum absolute atomic E-state index is 12.3. The van der Waals surface area contributed by atoms with Crippen LogP contribution < -0.4 is 11.2 Å². The minimum Gasteiger partial charge on any atom is -0.463 e. The van der Waals surface area contributed by atoms with Crippen LogP contribution in [-0.4, -0.2) is 21.7 Å². The van der Waals surface area contributed by atoms with Crippen molar-refractivity contribution in [3.8, 4) is 0 Å². The Labute approximate surface area is 142 Å². The summed E-state index contributed by atoms with van der Waals surface area (Å²) in [6.07, 6.45) is 9.15. The summed E-state index contributed by atoms with van der Waals surface area (Å²) in [6, 6.07) is 1.46. The number of hydrogen-bond donors (Lipinski definition) is 0. The van der Waals surface area contributed by atoms with Crippen molar-refractivity contribution < 1.29 is 9.53 Å². The van der Waals surface area contributed by atoms with E-state index >= 15 is 0 Å². The van der Waals surface area contributed by atoms with Gasteiger partial charge in [-0.05, 0) is 25.7 Å². The molecular weight excluding hydrogens is 308 g/mol. The summed E-state index contributed by atoms with van der Waals surface area (Å²) in [5.41, 5.74) is -0.449. The molecule has 6 heteroatoms. The molecule has 0 N–H and O–H groups in total. The summed E-state index contributed by atoms with van der Waals surface area (Å²) in [5, 5.41) is 0. The minimum absolute atomic E-state index is 0.224. The molecule has 1 aromatic heterocycles. The minimum atomic E-state index is -0.396. The van der Waals surface area contributed by atoms with Crippen molar-refractivity contribution in [2.24, 2.45) is 0 Å². The van der Waals surface area contributed by atoms with E-state index in [2.05, 4.69) is 13.5 Å². The first-order valence-electron chi connectivity index (χ1n) is 8.69. The summed E-state index contributed by atoms with van der Waals surface area (Å²) in [6.45, 7) is 6.90. The Morgan fingerprint density at radius 3 is 2.54 bits per heavy atom. The van der Waals surface area contributed by atoms with Crippen LogP contribution in [0, 0.1) is 0 Å². The highest BCUT2D eigenvalue weighted by Crippen LogP contribution is 2.02. The zero-order valence-corrected chi connectivity index (χ0v) is 14.5. The Morgan fingerprint density at radius 1 is 1.12 bits per heavy atom. The number of rotatable bonds is 12. The second-order valence-electron chi connectivity index (χ2n) is 5.77. The predicted molar refractivity (Wildman–Crippen MR) is 94.1 cm³/mol. The Morgan fingerprint density at radius 2 is 1.83 bits per heavy atom. The summed E-state index contributed by atoms with van der Waals surface area (Å²) < 4.78 is 7.83. The van der Waals surface area contributed by atoms with Gasteiger partial charge in [0.25, 0.3) is 5.56 Å².